The zero-order valence-electron chi connectivity index (χ0n) is 8.88. The summed E-state index contributed by atoms with van der Waals surface area (Å²) < 4.78 is 4.62. The Morgan fingerprint density at radius 1 is 1.25 bits per heavy atom. The molecule has 0 radical (unpaired) electrons. The molecule has 0 aliphatic carbocycles. The maximum absolute atomic E-state index is 8.91. The molecule has 0 fully saturated rings. The zero-order valence-corrected chi connectivity index (χ0v) is 9.70. The van der Waals surface area contributed by atoms with E-state index in [0.29, 0.717) is 0 Å². The molecule has 0 bridgehead atoms. The van der Waals surface area contributed by atoms with Crippen LogP contribution in [0.5, 0.6) is 0 Å². The third-order valence-corrected chi connectivity index (χ3v) is 3.25. The van der Waals surface area contributed by atoms with Crippen molar-refractivity contribution >= 4 is 11.8 Å². The molecular formula is C11H12N2O2S. The van der Waals surface area contributed by atoms with Crippen molar-refractivity contribution in [2.75, 3.05) is 0 Å². The highest BCUT2D eigenvalue weighted by atomic mass is 32.2. The van der Waals surface area contributed by atoms with Crippen LogP contribution in [-0.4, -0.2) is 15.4 Å². The van der Waals surface area contributed by atoms with Crippen LogP contribution < -0.4 is 0 Å². The number of hydrogen-bond acceptors (Lipinski definition) is 5. The van der Waals surface area contributed by atoms with Gasteiger partial charge in [-0.3, -0.25) is 0 Å². The van der Waals surface area contributed by atoms with E-state index >= 15 is 0 Å². The monoisotopic (exact) mass is 236 g/mol. The lowest BCUT2D eigenvalue weighted by molar-refractivity contribution is 0.282. The van der Waals surface area contributed by atoms with E-state index in [2.05, 4.69) is 14.9 Å². The van der Waals surface area contributed by atoms with E-state index in [9.17, 15) is 0 Å². The molecule has 84 valence electrons. The molecule has 1 aromatic heterocycles. The molecule has 1 heterocycles. The lowest BCUT2D eigenvalue weighted by atomic mass is 10.2. The van der Waals surface area contributed by atoms with Gasteiger partial charge in [0.2, 0.25) is 0 Å². The van der Waals surface area contributed by atoms with Gasteiger partial charge in [-0.25, -0.2) is 4.63 Å². The topological polar surface area (TPSA) is 59.2 Å². The van der Waals surface area contributed by atoms with E-state index in [1.165, 1.54) is 0 Å². The van der Waals surface area contributed by atoms with E-state index < -0.39 is 0 Å². The van der Waals surface area contributed by atoms with E-state index in [1.54, 1.807) is 11.8 Å². The van der Waals surface area contributed by atoms with Gasteiger partial charge in [-0.15, -0.1) is 11.8 Å². The molecule has 4 nitrogen and oxygen atoms in total. The number of nitrogens with zero attached hydrogens (tertiary/aromatic N) is 2. The Kier molecular flexibility index (Phi) is 3.58. The molecule has 2 rings (SSSR count). The fourth-order valence-corrected chi connectivity index (χ4v) is 2.12. The summed E-state index contributed by atoms with van der Waals surface area (Å²) in [5, 5.41) is 16.4. The molecule has 0 aliphatic heterocycles. The summed E-state index contributed by atoms with van der Waals surface area (Å²) in [6, 6.07) is 7.80. The van der Waals surface area contributed by atoms with Crippen LogP contribution in [0.4, 0.5) is 0 Å². The second-order valence-corrected chi connectivity index (χ2v) is 4.44. The minimum atomic E-state index is 0.0806. The van der Waals surface area contributed by atoms with Crippen molar-refractivity contribution in [3.05, 3.63) is 41.2 Å². The number of rotatable bonds is 4. The van der Waals surface area contributed by atoms with Gasteiger partial charge in [0, 0.05) is 10.6 Å². The van der Waals surface area contributed by atoms with Gasteiger partial charge >= 0.3 is 0 Å². The highest BCUT2D eigenvalue weighted by Crippen LogP contribution is 2.23. The summed E-state index contributed by atoms with van der Waals surface area (Å²) in [6.45, 7) is 1.96. The molecule has 0 unspecified atom stereocenters. The van der Waals surface area contributed by atoms with Crippen molar-refractivity contribution in [3.8, 4) is 0 Å². The normalized spacial score (nSPS) is 10.6. The second-order valence-electron chi connectivity index (χ2n) is 3.39. The minimum Gasteiger partial charge on any atom is -0.392 e. The van der Waals surface area contributed by atoms with Crippen molar-refractivity contribution in [3.63, 3.8) is 0 Å². The average Bonchev–Trinajstić information content (AvgIpc) is 2.73. The first-order valence-electron chi connectivity index (χ1n) is 4.90. The van der Waals surface area contributed by atoms with E-state index in [1.807, 2.05) is 31.2 Å². The first-order valence-corrected chi connectivity index (χ1v) is 5.89. The van der Waals surface area contributed by atoms with Gasteiger partial charge in [0.15, 0.2) is 0 Å². The van der Waals surface area contributed by atoms with Gasteiger partial charge < -0.3 is 5.11 Å². The predicted octanol–water partition coefficient (Wildman–Crippen LogP) is 2.16. The molecule has 0 spiro atoms. The molecule has 16 heavy (non-hydrogen) atoms. The zero-order chi connectivity index (χ0) is 11.4. The van der Waals surface area contributed by atoms with Gasteiger partial charge in [-0.2, -0.15) is 0 Å². The smallest absolute Gasteiger partial charge is 0.118 e. The third kappa shape index (κ3) is 2.62. The Morgan fingerprint density at radius 2 is 2.00 bits per heavy atom. The molecule has 1 aromatic carbocycles. The average molecular weight is 236 g/mol. The van der Waals surface area contributed by atoms with Gasteiger partial charge in [0.25, 0.3) is 0 Å². The number of aromatic nitrogens is 2. The van der Waals surface area contributed by atoms with E-state index in [4.69, 9.17) is 5.11 Å². The molecule has 1 N–H and O–H groups in total. The molecule has 0 saturated carbocycles. The minimum absolute atomic E-state index is 0.0806. The van der Waals surface area contributed by atoms with Crippen LogP contribution in [-0.2, 0) is 12.4 Å². The van der Waals surface area contributed by atoms with Crippen molar-refractivity contribution in [2.24, 2.45) is 0 Å². The van der Waals surface area contributed by atoms with Crippen molar-refractivity contribution < 1.29 is 9.74 Å². The fraction of sp³-hybridized carbons (Fsp3) is 0.273. The highest BCUT2D eigenvalue weighted by molar-refractivity contribution is 7.98. The second kappa shape index (κ2) is 5.14. The van der Waals surface area contributed by atoms with Gasteiger partial charge in [-0.05, 0) is 24.6 Å². The van der Waals surface area contributed by atoms with Crippen molar-refractivity contribution in [2.45, 2.75) is 24.2 Å². The summed E-state index contributed by atoms with van der Waals surface area (Å²) in [6.07, 6.45) is 0. The predicted molar refractivity (Wildman–Crippen MR) is 61.0 cm³/mol. The maximum Gasteiger partial charge on any atom is 0.118 e. The SMILES string of the molecule is Cc1nonc1CSc1ccc(CO)cc1. The Balaban J connectivity index is 1.97. The fourth-order valence-electron chi connectivity index (χ4n) is 1.22. The van der Waals surface area contributed by atoms with Crippen molar-refractivity contribution in [1.82, 2.24) is 10.3 Å². The number of benzene rings is 1. The Labute approximate surface area is 97.6 Å². The number of aryl methyl sites for hydroxylation is 1. The lowest BCUT2D eigenvalue weighted by Crippen LogP contribution is -1.85. The highest BCUT2D eigenvalue weighted by Gasteiger charge is 2.05. The van der Waals surface area contributed by atoms with Crippen LogP contribution in [0, 0.1) is 6.92 Å². The summed E-state index contributed by atoms with van der Waals surface area (Å²) in [5.74, 6) is 0.744. The number of aliphatic hydroxyl groups is 1. The summed E-state index contributed by atoms with van der Waals surface area (Å²) >= 11 is 1.67. The lowest BCUT2D eigenvalue weighted by Gasteiger charge is -2.00. The Morgan fingerprint density at radius 3 is 2.56 bits per heavy atom. The third-order valence-electron chi connectivity index (χ3n) is 2.23. The van der Waals surface area contributed by atoms with Crippen LogP contribution in [0.15, 0.2) is 33.8 Å². The number of hydrogen-bond donors (Lipinski definition) is 1. The molecule has 0 amide bonds. The van der Waals surface area contributed by atoms with Gasteiger partial charge in [-0.1, -0.05) is 22.4 Å². The molecular weight excluding hydrogens is 224 g/mol. The molecule has 2 aromatic rings. The van der Waals surface area contributed by atoms with Crippen LogP contribution in [0.1, 0.15) is 17.0 Å². The molecule has 0 atom stereocenters. The van der Waals surface area contributed by atoms with Crippen LogP contribution in [0.25, 0.3) is 0 Å². The molecule has 0 saturated heterocycles. The van der Waals surface area contributed by atoms with Gasteiger partial charge in [0.05, 0.1) is 6.61 Å². The van der Waals surface area contributed by atoms with Crippen LogP contribution in [0.2, 0.25) is 0 Å². The Hall–Kier alpha value is -1.33. The van der Waals surface area contributed by atoms with Crippen LogP contribution >= 0.6 is 11.8 Å². The Bertz CT molecular complexity index is 453. The van der Waals surface area contributed by atoms with Crippen molar-refractivity contribution in [1.29, 1.82) is 0 Å². The maximum atomic E-state index is 8.91. The molecule has 0 aliphatic rings. The quantitative estimate of drug-likeness (QED) is 0.824. The molecule has 5 heteroatoms. The standard InChI is InChI=1S/C11H12N2O2S/c1-8-11(13-15-12-8)7-16-10-4-2-9(6-14)3-5-10/h2-5,14H,6-7H2,1H3. The summed E-state index contributed by atoms with van der Waals surface area (Å²) in [4.78, 5) is 1.14. The van der Waals surface area contributed by atoms with Crippen LogP contribution in [0.3, 0.4) is 0 Å². The first kappa shape index (κ1) is 11.2. The van der Waals surface area contributed by atoms with Gasteiger partial charge in [0.1, 0.15) is 11.4 Å². The summed E-state index contributed by atoms with van der Waals surface area (Å²) in [7, 11) is 0. The number of aliphatic hydroxyl groups excluding tert-OH is 1. The first-order chi connectivity index (χ1) is 7.79. The largest absolute Gasteiger partial charge is 0.392 e. The number of thioether (sulfide) groups is 1. The van der Waals surface area contributed by atoms with E-state index in [-0.39, 0.29) is 6.61 Å². The summed E-state index contributed by atoms with van der Waals surface area (Å²) in [5.41, 5.74) is 2.62. The van der Waals surface area contributed by atoms with E-state index in [0.717, 1.165) is 27.6 Å².